The number of rotatable bonds is 6. The highest BCUT2D eigenvalue weighted by Gasteiger charge is 2.28. The summed E-state index contributed by atoms with van der Waals surface area (Å²) in [6, 6.07) is 14.4. The summed E-state index contributed by atoms with van der Waals surface area (Å²) in [6.07, 6.45) is 5.91. The van der Waals surface area contributed by atoms with Gasteiger partial charge in [-0.2, -0.15) is 0 Å². The Balaban J connectivity index is 1.19. The molecule has 5 rings (SSSR count). The number of halogens is 1. The summed E-state index contributed by atoms with van der Waals surface area (Å²) in [6.45, 7) is 2.09. The molecule has 7 heteroatoms. The number of amides is 1. The molecule has 4 aromatic rings. The van der Waals surface area contributed by atoms with Gasteiger partial charge < -0.3 is 10.1 Å². The molecule has 2 aromatic carbocycles. The molecule has 2 heterocycles. The van der Waals surface area contributed by atoms with Gasteiger partial charge in [0.05, 0.1) is 18.3 Å². The number of thiazole rings is 1. The standard InChI is InChI=1S/C28H28FN3O2S/c1-17(31-27(33)21-9-7-20(8-10-21)26-16-35-28(32-26)34-2)18-3-5-19(6-4-18)23-13-14-30-25-12-11-22(29)15-24(23)25/h7-19H,3-6H2,1-2H3,(H,31,33)/t17-,18?,19?/m1/s1. The normalized spacial score (nSPS) is 18.8. The minimum atomic E-state index is -0.226. The van der Waals surface area contributed by atoms with Crippen LogP contribution < -0.4 is 10.1 Å². The van der Waals surface area contributed by atoms with Gasteiger partial charge >= 0.3 is 0 Å². The molecule has 1 amide bonds. The first-order valence-corrected chi connectivity index (χ1v) is 12.8. The molecule has 5 nitrogen and oxygen atoms in total. The predicted molar refractivity (Wildman–Crippen MR) is 137 cm³/mol. The minimum absolute atomic E-state index is 0.0577. The van der Waals surface area contributed by atoms with Gasteiger partial charge in [0.1, 0.15) is 5.82 Å². The van der Waals surface area contributed by atoms with Crippen molar-refractivity contribution in [3.8, 4) is 16.5 Å². The van der Waals surface area contributed by atoms with Crippen LogP contribution in [0.5, 0.6) is 5.19 Å². The number of pyridine rings is 1. The number of hydrogen-bond acceptors (Lipinski definition) is 5. The lowest BCUT2D eigenvalue weighted by Crippen LogP contribution is -2.39. The molecule has 1 aliphatic carbocycles. The molecule has 1 fully saturated rings. The summed E-state index contributed by atoms with van der Waals surface area (Å²) in [7, 11) is 1.60. The Morgan fingerprint density at radius 1 is 1.11 bits per heavy atom. The van der Waals surface area contributed by atoms with Crippen molar-refractivity contribution in [1.29, 1.82) is 0 Å². The SMILES string of the molecule is COc1nc(-c2ccc(C(=O)N[C@H](C)C3CCC(c4ccnc5ccc(F)cc45)CC3)cc2)cs1. The Hall–Kier alpha value is -3.32. The van der Waals surface area contributed by atoms with Gasteiger partial charge in [0.2, 0.25) is 0 Å². The molecule has 1 atom stereocenters. The molecule has 1 N–H and O–H groups in total. The van der Waals surface area contributed by atoms with Crippen molar-refractivity contribution in [2.24, 2.45) is 5.92 Å². The Morgan fingerprint density at radius 2 is 1.89 bits per heavy atom. The molecule has 2 aromatic heterocycles. The second-order valence-corrected chi connectivity index (χ2v) is 10.0. The molecule has 0 saturated heterocycles. The van der Waals surface area contributed by atoms with Crippen molar-refractivity contribution >= 4 is 28.1 Å². The van der Waals surface area contributed by atoms with Crippen LogP contribution in [-0.2, 0) is 0 Å². The van der Waals surface area contributed by atoms with Gasteiger partial charge in [-0.05, 0) is 86.4 Å². The summed E-state index contributed by atoms with van der Waals surface area (Å²) in [4.78, 5) is 21.7. The van der Waals surface area contributed by atoms with E-state index in [9.17, 15) is 9.18 Å². The van der Waals surface area contributed by atoms with Gasteiger partial charge in [-0.15, -0.1) is 0 Å². The van der Waals surface area contributed by atoms with E-state index in [0.717, 1.165) is 47.8 Å². The van der Waals surface area contributed by atoms with Crippen molar-refractivity contribution in [1.82, 2.24) is 15.3 Å². The number of ether oxygens (including phenoxy) is 1. The van der Waals surface area contributed by atoms with E-state index < -0.39 is 0 Å². The highest BCUT2D eigenvalue weighted by atomic mass is 32.1. The quantitative estimate of drug-likeness (QED) is 0.331. The van der Waals surface area contributed by atoms with Gasteiger partial charge in [-0.25, -0.2) is 9.37 Å². The lowest BCUT2D eigenvalue weighted by molar-refractivity contribution is 0.0918. The smallest absolute Gasteiger partial charge is 0.273 e. The topological polar surface area (TPSA) is 64.1 Å². The first-order chi connectivity index (χ1) is 17.0. The van der Waals surface area contributed by atoms with E-state index >= 15 is 0 Å². The van der Waals surface area contributed by atoms with E-state index in [1.165, 1.54) is 23.0 Å². The Labute approximate surface area is 208 Å². The second-order valence-electron chi connectivity index (χ2n) is 9.22. The summed E-state index contributed by atoms with van der Waals surface area (Å²) < 4.78 is 19.0. The van der Waals surface area contributed by atoms with Crippen molar-refractivity contribution < 1.29 is 13.9 Å². The molecule has 0 bridgehead atoms. The van der Waals surface area contributed by atoms with Crippen LogP contribution in [0.3, 0.4) is 0 Å². The van der Waals surface area contributed by atoms with Crippen LogP contribution in [0.25, 0.3) is 22.2 Å². The summed E-state index contributed by atoms with van der Waals surface area (Å²) in [5, 5.41) is 6.67. The molecule has 1 saturated carbocycles. The zero-order valence-electron chi connectivity index (χ0n) is 19.8. The monoisotopic (exact) mass is 489 g/mol. The van der Waals surface area contributed by atoms with E-state index in [-0.39, 0.29) is 17.8 Å². The van der Waals surface area contributed by atoms with Gasteiger partial charge in [0, 0.05) is 34.1 Å². The number of carbonyl (C=O) groups excluding carboxylic acids is 1. The van der Waals surface area contributed by atoms with Gasteiger partial charge in [0.25, 0.3) is 11.1 Å². The fraction of sp³-hybridized carbons (Fsp3) is 0.321. The summed E-state index contributed by atoms with van der Waals surface area (Å²) >= 11 is 1.45. The number of nitrogens with zero attached hydrogens (tertiary/aromatic N) is 2. The van der Waals surface area contributed by atoms with Crippen molar-refractivity contribution in [2.75, 3.05) is 7.11 Å². The molecule has 0 aliphatic heterocycles. The molecule has 0 unspecified atom stereocenters. The van der Waals surface area contributed by atoms with Crippen molar-refractivity contribution in [3.63, 3.8) is 0 Å². The molecular weight excluding hydrogens is 461 g/mol. The largest absolute Gasteiger partial charge is 0.473 e. The number of benzene rings is 2. The predicted octanol–water partition coefficient (Wildman–Crippen LogP) is 6.60. The van der Waals surface area contributed by atoms with Crippen LogP contribution in [-0.4, -0.2) is 29.0 Å². The van der Waals surface area contributed by atoms with Gasteiger partial charge in [-0.3, -0.25) is 9.78 Å². The number of fused-ring (bicyclic) bond motifs is 1. The zero-order valence-corrected chi connectivity index (χ0v) is 20.6. The number of nitrogens with one attached hydrogen (secondary N) is 1. The van der Waals surface area contributed by atoms with Crippen LogP contribution in [0.2, 0.25) is 0 Å². The Morgan fingerprint density at radius 3 is 2.60 bits per heavy atom. The lowest BCUT2D eigenvalue weighted by Gasteiger charge is -2.33. The Kier molecular flexibility index (Phi) is 6.77. The maximum absolute atomic E-state index is 13.9. The lowest BCUT2D eigenvalue weighted by atomic mass is 9.75. The van der Waals surface area contributed by atoms with Crippen LogP contribution in [0.15, 0.2) is 60.1 Å². The maximum atomic E-state index is 13.9. The maximum Gasteiger partial charge on any atom is 0.273 e. The molecule has 35 heavy (non-hydrogen) atoms. The molecule has 0 radical (unpaired) electrons. The van der Waals surface area contributed by atoms with E-state index in [0.29, 0.717) is 22.6 Å². The van der Waals surface area contributed by atoms with Gasteiger partial charge in [0.15, 0.2) is 0 Å². The van der Waals surface area contributed by atoms with Crippen LogP contribution in [0.4, 0.5) is 4.39 Å². The Bertz CT molecular complexity index is 1330. The molecule has 1 aliphatic rings. The third-order valence-electron chi connectivity index (χ3n) is 7.12. The summed E-state index contributed by atoms with van der Waals surface area (Å²) in [5.74, 6) is 0.522. The summed E-state index contributed by atoms with van der Waals surface area (Å²) in [5.41, 5.74) is 4.46. The van der Waals surface area contributed by atoms with Gasteiger partial charge in [-0.1, -0.05) is 23.5 Å². The average Bonchev–Trinajstić information content (AvgIpc) is 3.38. The fourth-order valence-electron chi connectivity index (χ4n) is 5.11. The highest BCUT2D eigenvalue weighted by molar-refractivity contribution is 7.11. The first kappa shape index (κ1) is 23.4. The molecule has 180 valence electrons. The van der Waals surface area contributed by atoms with E-state index in [1.807, 2.05) is 41.9 Å². The molecular formula is C28H28FN3O2S. The number of aromatic nitrogens is 2. The fourth-order valence-corrected chi connectivity index (χ4v) is 5.76. The van der Waals surface area contributed by atoms with Crippen LogP contribution in [0, 0.1) is 11.7 Å². The first-order valence-electron chi connectivity index (χ1n) is 12.0. The zero-order chi connectivity index (χ0) is 24.4. The highest BCUT2D eigenvalue weighted by Crippen LogP contribution is 2.39. The van der Waals surface area contributed by atoms with E-state index in [2.05, 4.69) is 22.2 Å². The number of hydrogen-bond donors (Lipinski definition) is 1. The average molecular weight is 490 g/mol. The third kappa shape index (κ3) is 5.05. The van der Waals surface area contributed by atoms with E-state index in [1.54, 1.807) is 19.2 Å². The van der Waals surface area contributed by atoms with Crippen molar-refractivity contribution in [3.05, 3.63) is 77.1 Å². The van der Waals surface area contributed by atoms with Crippen LogP contribution >= 0.6 is 11.3 Å². The second kappa shape index (κ2) is 10.1. The van der Waals surface area contributed by atoms with E-state index in [4.69, 9.17) is 4.74 Å². The van der Waals surface area contributed by atoms with Crippen molar-refractivity contribution in [2.45, 2.75) is 44.6 Å². The van der Waals surface area contributed by atoms with Crippen LogP contribution in [0.1, 0.15) is 54.4 Å². The third-order valence-corrected chi connectivity index (χ3v) is 7.92. The number of methoxy groups -OCH3 is 1. The molecule has 0 spiro atoms. The minimum Gasteiger partial charge on any atom is -0.473 e. The number of carbonyl (C=O) groups is 1.